The van der Waals surface area contributed by atoms with Gasteiger partial charge in [0.1, 0.15) is 17.2 Å². The molecule has 0 unspecified atom stereocenters. The smallest absolute Gasteiger partial charge is 0.123 e. The lowest BCUT2D eigenvalue weighted by atomic mass is 10.1. The van der Waals surface area contributed by atoms with E-state index < -0.39 is 0 Å². The van der Waals surface area contributed by atoms with Crippen molar-refractivity contribution in [3.63, 3.8) is 0 Å². The van der Waals surface area contributed by atoms with Crippen LogP contribution in [0.3, 0.4) is 0 Å². The maximum atomic E-state index is 7.40. The number of benzene rings is 1. The summed E-state index contributed by atoms with van der Waals surface area (Å²) in [6.07, 6.45) is 0.945. The second-order valence-electron chi connectivity index (χ2n) is 4.61. The molecule has 0 saturated heterocycles. The molecular formula is C13H20N2O. The molecule has 3 heteroatoms. The molecule has 0 bridgehead atoms. The standard InChI is InChI=1S/C13H20N2O/c1-5-13(3,4)16-10-6-7-11(12(14)15)9(2)8-10/h6-8H,5H2,1-4H3,(H3,14,15). The minimum absolute atomic E-state index is 0.0961. The van der Waals surface area contributed by atoms with Gasteiger partial charge in [-0.15, -0.1) is 0 Å². The Bertz CT molecular complexity index is 397. The molecule has 1 aromatic carbocycles. The molecule has 0 radical (unpaired) electrons. The fraction of sp³-hybridized carbons (Fsp3) is 0.462. The van der Waals surface area contributed by atoms with Crippen LogP contribution in [-0.2, 0) is 0 Å². The fourth-order valence-corrected chi connectivity index (χ4v) is 1.39. The van der Waals surface area contributed by atoms with Gasteiger partial charge in [0.05, 0.1) is 0 Å². The highest BCUT2D eigenvalue weighted by Gasteiger charge is 2.17. The Kier molecular flexibility index (Phi) is 3.58. The van der Waals surface area contributed by atoms with E-state index in [1.54, 1.807) is 0 Å². The van der Waals surface area contributed by atoms with E-state index in [9.17, 15) is 0 Å². The summed E-state index contributed by atoms with van der Waals surface area (Å²) in [4.78, 5) is 0. The molecule has 0 spiro atoms. The van der Waals surface area contributed by atoms with Crippen LogP contribution in [0.15, 0.2) is 18.2 Å². The number of nitrogens with one attached hydrogen (secondary N) is 1. The number of ether oxygens (including phenoxy) is 1. The molecule has 88 valence electrons. The maximum absolute atomic E-state index is 7.40. The predicted molar refractivity (Wildman–Crippen MR) is 67.2 cm³/mol. The quantitative estimate of drug-likeness (QED) is 0.605. The van der Waals surface area contributed by atoms with Crippen LogP contribution in [0.5, 0.6) is 5.75 Å². The number of hydrogen-bond acceptors (Lipinski definition) is 2. The first kappa shape index (κ1) is 12.6. The Morgan fingerprint density at radius 1 is 1.44 bits per heavy atom. The third kappa shape index (κ3) is 2.99. The lowest BCUT2D eigenvalue weighted by Gasteiger charge is -2.25. The first-order valence-electron chi connectivity index (χ1n) is 5.50. The van der Waals surface area contributed by atoms with Crippen molar-refractivity contribution < 1.29 is 4.74 Å². The third-order valence-electron chi connectivity index (χ3n) is 2.73. The zero-order chi connectivity index (χ0) is 12.3. The molecule has 0 aliphatic rings. The molecular weight excluding hydrogens is 200 g/mol. The Labute approximate surface area is 97.1 Å². The number of nitrogens with two attached hydrogens (primary N) is 1. The van der Waals surface area contributed by atoms with E-state index in [0.29, 0.717) is 0 Å². The van der Waals surface area contributed by atoms with E-state index in [1.165, 1.54) is 0 Å². The Hall–Kier alpha value is -1.51. The predicted octanol–water partition coefficient (Wildman–Crippen LogP) is 2.85. The summed E-state index contributed by atoms with van der Waals surface area (Å²) in [7, 11) is 0. The van der Waals surface area contributed by atoms with E-state index in [1.807, 2.05) is 25.1 Å². The Morgan fingerprint density at radius 2 is 2.06 bits per heavy atom. The average Bonchev–Trinajstić information content (AvgIpc) is 2.16. The summed E-state index contributed by atoms with van der Waals surface area (Å²) in [5.41, 5.74) is 7.03. The van der Waals surface area contributed by atoms with Gasteiger partial charge >= 0.3 is 0 Å². The molecule has 0 aliphatic carbocycles. The molecule has 0 amide bonds. The molecule has 0 atom stereocenters. The molecule has 1 aromatic rings. The topological polar surface area (TPSA) is 59.1 Å². The zero-order valence-electron chi connectivity index (χ0n) is 10.4. The van der Waals surface area contributed by atoms with Crippen molar-refractivity contribution in [3.05, 3.63) is 29.3 Å². The van der Waals surface area contributed by atoms with E-state index in [0.717, 1.165) is 23.3 Å². The summed E-state index contributed by atoms with van der Waals surface area (Å²) in [5.74, 6) is 0.924. The second kappa shape index (κ2) is 4.56. The summed E-state index contributed by atoms with van der Waals surface area (Å²) < 4.78 is 5.86. The van der Waals surface area contributed by atoms with Crippen LogP contribution in [0, 0.1) is 12.3 Å². The fourth-order valence-electron chi connectivity index (χ4n) is 1.39. The molecule has 1 rings (SSSR count). The summed E-state index contributed by atoms with van der Waals surface area (Å²) in [6, 6.07) is 5.62. The van der Waals surface area contributed by atoms with Crippen molar-refractivity contribution in [1.29, 1.82) is 5.41 Å². The van der Waals surface area contributed by atoms with Gasteiger partial charge in [0.2, 0.25) is 0 Å². The van der Waals surface area contributed by atoms with Crippen LogP contribution < -0.4 is 10.5 Å². The normalized spacial score (nSPS) is 11.2. The third-order valence-corrected chi connectivity index (χ3v) is 2.73. The number of nitrogen functional groups attached to an aromatic ring is 1. The van der Waals surface area contributed by atoms with E-state index in [4.69, 9.17) is 15.9 Å². The van der Waals surface area contributed by atoms with E-state index in [2.05, 4.69) is 20.8 Å². The minimum atomic E-state index is -0.163. The SMILES string of the molecule is CCC(C)(C)Oc1ccc(C(=N)N)c(C)c1. The highest BCUT2D eigenvalue weighted by atomic mass is 16.5. The van der Waals surface area contributed by atoms with Gasteiger partial charge in [0.15, 0.2) is 0 Å². The number of hydrogen-bond donors (Lipinski definition) is 2. The van der Waals surface area contributed by atoms with Gasteiger partial charge in [-0.05, 0) is 51.0 Å². The molecule has 0 aromatic heterocycles. The molecule has 0 aliphatic heterocycles. The van der Waals surface area contributed by atoms with Crippen molar-refractivity contribution >= 4 is 5.84 Å². The van der Waals surface area contributed by atoms with Gasteiger partial charge in [-0.2, -0.15) is 0 Å². The number of amidine groups is 1. The lowest BCUT2D eigenvalue weighted by Crippen LogP contribution is -2.26. The van der Waals surface area contributed by atoms with Gasteiger partial charge in [-0.25, -0.2) is 0 Å². The summed E-state index contributed by atoms with van der Waals surface area (Å²) in [5, 5.41) is 7.40. The van der Waals surface area contributed by atoms with Gasteiger partial charge in [0, 0.05) is 5.56 Å². The number of rotatable bonds is 4. The Balaban J connectivity index is 2.94. The summed E-state index contributed by atoms with van der Waals surface area (Å²) >= 11 is 0. The van der Waals surface area contributed by atoms with Crippen molar-refractivity contribution in [1.82, 2.24) is 0 Å². The Morgan fingerprint density at radius 3 is 2.50 bits per heavy atom. The minimum Gasteiger partial charge on any atom is -0.488 e. The van der Waals surface area contributed by atoms with Crippen molar-refractivity contribution in [3.8, 4) is 5.75 Å². The highest BCUT2D eigenvalue weighted by Crippen LogP contribution is 2.23. The summed E-state index contributed by atoms with van der Waals surface area (Å²) in [6.45, 7) is 8.14. The molecule has 0 heterocycles. The molecule has 0 fully saturated rings. The van der Waals surface area contributed by atoms with Crippen LogP contribution in [0.2, 0.25) is 0 Å². The average molecular weight is 220 g/mol. The van der Waals surface area contributed by atoms with E-state index in [-0.39, 0.29) is 11.4 Å². The first-order chi connectivity index (χ1) is 7.35. The number of aryl methyl sites for hydroxylation is 1. The second-order valence-corrected chi connectivity index (χ2v) is 4.61. The highest BCUT2D eigenvalue weighted by molar-refractivity contribution is 5.96. The monoisotopic (exact) mass is 220 g/mol. The van der Waals surface area contributed by atoms with Crippen molar-refractivity contribution in [2.75, 3.05) is 0 Å². The van der Waals surface area contributed by atoms with Crippen LogP contribution in [0.1, 0.15) is 38.3 Å². The maximum Gasteiger partial charge on any atom is 0.123 e. The van der Waals surface area contributed by atoms with Crippen molar-refractivity contribution in [2.45, 2.75) is 39.7 Å². The van der Waals surface area contributed by atoms with Crippen LogP contribution in [0.25, 0.3) is 0 Å². The van der Waals surface area contributed by atoms with Gasteiger partial charge < -0.3 is 10.5 Å². The zero-order valence-corrected chi connectivity index (χ0v) is 10.4. The molecule has 3 nitrogen and oxygen atoms in total. The first-order valence-corrected chi connectivity index (χ1v) is 5.50. The largest absolute Gasteiger partial charge is 0.488 e. The van der Waals surface area contributed by atoms with Crippen LogP contribution >= 0.6 is 0 Å². The van der Waals surface area contributed by atoms with Crippen LogP contribution in [-0.4, -0.2) is 11.4 Å². The molecule has 3 N–H and O–H groups in total. The van der Waals surface area contributed by atoms with Gasteiger partial charge in [-0.1, -0.05) is 6.92 Å². The van der Waals surface area contributed by atoms with Crippen LogP contribution in [0.4, 0.5) is 0 Å². The molecule has 16 heavy (non-hydrogen) atoms. The van der Waals surface area contributed by atoms with Gasteiger partial charge in [-0.3, -0.25) is 5.41 Å². The molecule has 0 saturated carbocycles. The van der Waals surface area contributed by atoms with Crippen molar-refractivity contribution in [2.24, 2.45) is 5.73 Å². The lowest BCUT2D eigenvalue weighted by molar-refractivity contribution is 0.105. The van der Waals surface area contributed by atoms with Gasteiger partial charge in [0.25, 0.3) is 0 Å². The van der Waals surface area contributed by atoms with E-state index >= 15 is 0 Å².